The van der Waals surface area contributed by atoms with Crippen LogP contribution in [0.15, 0.2) is 48.6 Å². The van der Waals surface area contributed by atoms with E-state index in [9.17, 15) is 43.2 Å². The molecular weight excluding hydrogens is 1160 g/mol. The van der Waals surface area contributed by atoms with E-state index in [1.165, 1.54) is 96.3 Å². The van der Waals surface area contributed by atoms with Crippen molar-refractivity contribution in [3.8, 4) is 0 Å². The molecule has 0 aromatic rings. The monoisotopic (exact) mass is 1290 g/mol. The SMILES string of the molecule is CCCCCC/C=C\C=C/CCCCCCCC(=O)OC[C@H](COP(=O)(O)OC[C@@H](O)COP(=O)(O)OC[C@@H](COC(=O)CCCCCCCCC)OC(=O)CCCCCCCCCCCCC)OC(=O)CCCCCCC/C=C\C=C/CCCCCC. The average molecular weight is 1290 g/mol. The summed E-state index contributed by atoms with van der Waals surface area (Å²) in [5.74, 6) is -2.19. The Labute approximate surface area is 534 Å². The van der Waals surface area contributed by atoms with Crippen LogP contribution in [0.1, 0.15) is 310 Å². The van der Waals surface area contributed by atoms with Gasteiger partial charge in [-0.3, -0.25) is 37.3 Å². The number of phosphoric ester groups is 2. The number of phosphoric acid groups is 2. The average Bonchev–Trinajstić information content (AvgIpc) is 3.55. The second-order valence-electron chi connectivity index (χ2n) is 23.5. The van der Waals surface area contributed by atoms with Crippen LogP contribution in [0.5, 0.6) is 0 Å². The van der Waals surface area contributed by atoms with Gasteiger partial charge in [-0.25, -0.2) is 9.13 Å². The van der Waals surface area contributed by atoms with Crippen molar-refractivity contribution < 1.29 is 80.2 Å². The first-order chi connectivity index (χ1) is 42.7. The Morgan fingerprint density at radius 2 is 0.545 bits per heavy atom. The van der Waals surface area contributed by atoms with Crippen molar-refractivity contribution in [2.24, 2.45) is 0 Å². The van der Waals surface area contributed by atoms with E-state index in [0.717, 1.165) is 135 Å². The van der Waals surface area contributed by atoms with Crippen LogP contribution in [0.2, 0.25) is 0 Å². The molecule has 0 aliphatic carbocycles. The molecule has 0 spiro atoms. The Balaban J connectivity index is 5.28. The summed E-state index contributed by atoms with van der Waals surface area (Å²) in [5.41, 5.74) is 0. The Bertz CT molecular complexity index is 1870. The third-order valence-corrected chi connectivity index (χ3v) is 16.8. The summed E-state index contributed by atoms with van der Waals surface area (Å²) in [6, 6.07) is 0. The number of hydrogen-bond donors (Lipinski definition) is 3. The van der Waals surface area contributed by atoms with Crippen molar-refractivity contribution in [2.45, 2.75) is 329 Å². The molecule has 5 atom stereocenters. The fraction of sp³-hybridized carbons (Fsp3) is 0.826. The number of unbranched alkanes of at least 4 members (excludes halogenated alkanes) is 34. The lowest BCUT2D eigenvalue weighted by molar-refractivity contribution is -0.161. The van der Waals surface area contributed by atoms with Crippen molar-refractivity contribution in [3.63, 3.8) is 0 Å². The fourth-order valence-electron chi connectivity index (χ4n) is 9.44. The molecule has 0 saturated carbocycles. The molecule has 0 saturated heterocycles. The molecule has 17 nitrogen and oxygen atoms in total. The van der Waals surface area contributed by atoms with Gasteiger partial charge < -0.3 is 33.8 Å². The van der Waals surface area contributed by atoms with Crippen LogP contribution in [-0.4, -0.2) is 96.7 Å². The van der Waals surface area contributed by atoms with Gasteiger partial charge in [0.1, 0.15) is 19.3 Å². The van der Waals surface area contributed by atoms with Gasteiger partial charge >= 0.3 is 39.5 Å². The normalized spacial score (nSPS) is 14.4. The molecule has 0 fully saturated rings. The molecule has 0 rings (SSSR count). The third-order valence-electron chi connectivity index (χ3n) is 14.9. The van der Waals surface area contributed by atoms with E-state index in [2.05, 4.69) is 76.3 Å². The number of rotatable bonds is 66. The predicted molar refractivity (Wildman–Crippen MR) is 354 cm³/mol. The Kier molecular flexibility index (Phi) is 60.7. The van der Waals surface area contributed by atoms with Gasteiger partial charge in [0.25, 0.3) is 0 Å². The molecule has 0 aliphatic rings. The molecule has 0 amide bonds. The van der Waals surface area contributed by atoms with Crippen LogP contribution in [0.3, 0.4) is 0 Å². The summed E-state index contributed by atoms with van der Waals surface area (Å²) in [6.07, 6.45) is 55.8. The molecule has 0 aromatic carbocycles. The number of carbonyl (C=O) groups is 4. The van der Waals surface area contributed by atoms with E-state index in [-0.39, 0.29) is 25.7 Å². The largest absolute Gasteiger partial charge is 0.472 e. The molecule has 88 heavy (non-hydrogen) atoms. The van der Waals surface area contributed by atoms with Crippen LogP contribution in [0.25, 0.3) is 0 Å². The summed E-state index contributed by atoms with van der Waals surface area (Å²) in [5, 5.41) is 10.6. The standard InChI is InChI=1S/C69H126O17P2/c1-5-9-13-17-21-24-27-29-31-33-36-38-42-46-50-54-67(72)80-60-65(86-69(74)56-52-48-44-40-37-34-32-30-28-25-22-18-14-10-6-2)62-84-88(77,78)82-58-63(70)57-81-87(75,76)83-61-64(59-79-66(71)53-49-45-41-20-16-12-8-4)85-68(73)55-51-47-43-39-35-26-23-19-15-11-7-3/h24-25,27-32,63-65,70H,5-23,26,33-62H2,1-4H3,(H,75,76)(H,77,78)/b27-24-,28-25-,31-29-,32-30-/t63-,64+,65+/m0/s1. The number of allylic oxidation sites excluding steroid dienone is 8. The van der Waals surface area contributed by atoms with Crippen LogP contribution >= 0.6 is 15.6 Å². The van der Waals surface area contributed by atoms with E-state index >= 15 is 0 Å². The topological polar surface area (TPSA) is 237 Å². The quantitative estimate of drug-likeness (QED) is 0.0169. The van der Waals surface area contributed by atoms with Gasteiger partial charge in [-0.1, -0.05) is 256 Å². The van der Waals surface area contributed by atoms with Crippen molar-refractivity contribution in [2.75, 3.05) is 39.6 Å². The third kappa shape index (κ3) is 61.9. The molecule has 0 heterocycles. The summed E-state index contributed by atoms with van der Waals surface area (Å²) >= 11 is 0. The van der Waals surface area contributed by atoms with E-state index in [1.54, 1.807) is 0 Å². The molecule has 0 aliphatic heterocycles. The molecule has 0 aromatic heterocycles. The molecule has 3 N–H and O–H groups in total. The van der Waals surface area contributed by atoms with Crippen LogP contribution in [0.4, 0.5) is 0 Å². The van der Waals surface area contributed by atoms with Gasteiger partial charge in [-0.05, 0) is 77.0 Å². The number of esters is 4. The zero-order chi connectivity index (χ0) is 64.7. The molecule has 0 radical (unpaired) electrons. The molecule has 514 valence electrons. The maximum Gasteiger partial charge on any atom is 0.472 e. The summed E-state index contributed by atoms with van der Waals surface area (Å²) < 4.78 is 68.0. The van der Waals surface area contributed by atoms with Crippen LogP contribution < -0.4 is 0 Å². The second kappa shape index (κ2) is 62.8. The van der Waals surface area contributed by atoms with Crippen molar-refractivity contribution in [1.29, 1.82) is 0 Å². The van der Waals surface area contributed by atoms with Gasteiger partial charge in [0.15, 0.2) is 12.2 Å². The van der Waals surface area contributed by atoms with Crippen molar-refractivity contribution >= 4 is 39.5 Å². The van der Waals surface area contributed by atoms with Gasteiger partial charge in [-0.15, -0.1) is 0 Å². The lowest BCUT2D eigenvalue weighted by Gasteiger charge is -2.21. The molecule has 2 unspecified atom stereocenters. The highest BCUT2D eigenvalue weighted by atomic mass is 31.2. The predicted octanol–water partition coefficient (Wildman–Crippen LogP) is 19.0. The first-order valence-corrected chi connectivity index (χ1v) is 37.9. The Morgan fingerprint density at radius 1 is 0.318 bits per heavy atom. The first-order valence-electron chi connectivity index (χ1n) is 34.9. The van der Waals surface area contributed by atoms with E-state index in [0.29, 0.717) is 25.7 Å². The maximum atomic E-state index is 13.0. The lowest BCUT2D eigenvalue weighted by Crippen LogP contribution is -2.30. The fourth-order valence-corrected chi connectivity index (χ4v) is 11.0. The number of aliphatic hydroxyl groups is 1. The molecular formula is C69H126O17P2. The van der Waals surface area contributed by atoms with Crippen LogP contribution in [0, 0.1) is 0 Å². The number of hydrogen-bond acceptors (Lipinski definition) is 15. The summed E-state index contributed by atoms with van der Waals surface area (Å²) in [4.78, 5) is 72.3. The highest BCUT2D eigenvalue weighted by molar-refractivity contribution is 7.47. The first kappa shape index (κ1) is 85.0. The van der Waals surface area contributed by atoms with E-state index in [4.69, 9.17) is 37.0 Å². The minimum absolute atomic E-state index is 0.0784. The number of carbonyl (C=O) groups excluding carboxylic acids is 4. The van der Waals surface area contributed by atoms with Gasteiger partial charge in [0.05, 0.1) is 26.4 Å². The molecule has 19 heteroatoms. The van der Waals surface area contributed by atoms with E-state index < -0.39 is 97.5 Å². The maximum absolute atomic E-state index is 13.0. The molecule has 0 bridgehead atoms. The van der Waals surface area contributed by atoms with Gasteiger partial charge in [0, 0.05) is 25.7 Å². The smallest absolute Gasteiger partial charge is 0.462 e. The highest BCUT2D eigenvalue weighted by Crippen LogP contribution is 2.45. The Morgan fingerprint density at radius 3 is 0.830 bits per heavy atom. The lowest BCUT2D eigenvalue weighted by atomic mass is 10.1. The minimum Gasteiger partial charge on any atom is -0.462 e. The van der Waals surface area contributed by atoms with Crippen molar-refractivity contribution in [3.05, 3.63) is 48.6 Å². The van der Waals surface area contributed by atoms with E-state index in [1.807, 2.05) is 0 Å². The Hall–Kier alpha value is -2.98. The number of aliphatic hydroxyl groups excluding tert-OH is 1. The zero-order valence-corrected chi connectivity index (χ0v) is 57.4. The summed E-state index contributed by atoms with van der Waals surface area (Å²) in [7, 11) is -9.91. The summed E-state index contributed by atoms with van der Waals surface area (Å²) in [6.45, 7) is 4.75. The van der Waals surface area contributed by atoms with Gasteiger partial charge in [-0.2, -0.15) is 0 Å². The minimum atomic E-state index is -4.96. The van der Waals surface area contributed by atoms with Crippen LogP contribution in [-0.2, 0) is 65.4 Å². The zero-order valence-electron chi connectivity index (χ0n) is 55.7. The second-order valence-corrected chi connectivity index (χ2v) is 26.5. The highest BCUT2D eigenvalue weighted by Gasteiger charge is 2.30. The van der Waals surface area contributed by atoms with Gasteiger partial charge in [0.2, 0.25) is 0 Å². The van der Waals surface area contributed by atoms with Crippen molar-refractivity contribution in [1.82, 2.24) is 0 Å². The number of ether oxygens (including phenoxy) is 4.